The molecule has 3 rings (SSSR count). The van der Waals surface area contributed by atoms with E-state index in [0.717, 1.165) is 17.7 Å². The SMILES string of the molecule is CC1CN(C(=O)NCc2ncc3c(n2)CCOC3)C(C)C(C)O1. The lowest BCUT2D eigenvalue weighted by molar-refractivity contribution is -0.0832. The predicted octanol–water partition coefficient (Wildman–Crippen LogP) is 1.26. The number of nitrogens with one attached hydrogen (secondary N) is 1. The summed E-state index contributed by atoms with van der Waals surface area (Å²) < 4.78 is 11.1. The summed E-state index contributed by atoms with van der Waals surface area (Å²) in [6.45, 7) is 8.18. The lowest BCUT2D eigenvalue weighted by Crippen LogP contribution is -2.56. The standard InChI is InChI=1S/C16H24N4O3/c1-10-8-20(11(2)12(3)23-10)16(21)18-7-15-17-6-13-9-22-5-4-14(13)19-15/h6,10-12H,4-5,7-9H2,1-3H3,(H,18,21). The number of urea groups is 1. The third-order valence-corrected chi connectivity index (χ3v) is 4.48. The highest BCUT2D eigenvalue weighted by molar-refractivity contribution is 5.74. The van der Waals surface area contributed by atoms with E-state index in [0.29, 0.717) is 32.1 Å². The van der Waals surface area contributed by atoms with Crippen molar-refractivity contribution < 1.29 is 14.3 Å². The van der Waals surface area contributed by atoms with Crippen molar-refractivity contribution in [3.8, 4) is 0 Å². The highest BCUT2D eigenvalue weighted by Gasteiger charge is 2.32. The van der Waals surface area contributed by atoms with Crippen molar-refractivity contribution in [3.63, 3.8) is 0 Å². The summed E-state index contributed by atoms with van der Waals surface area (Å²) in [5.41, 5.74) is 2.06. The summed E-state index contributed by atoms with van der Waals surface area (Å²) in [5, 5.41) is 2.92. The van der Waals surface area contributed by atoms with Gasteiger partial charge in [0.05, 0.1) is 43.7 Å². The van der Waals surface area contributed by atoms with E-state index in [-0.39, 0.29) is 24.3 Å². The second-order valence-electron chi connectivity index (χ2n) is 6.26. The van der Waals surface area contributed by atoms with E-state index >= 15 is 0 Å². The molecule has 1 fully saturated rings. The molecule has 2 aliphatic heterocycles. The van der Waals surface area contributed by atoms with Gasteiger partial charge in [0.15, 0.2) is 0 Å². The molecule has 0 aliphatic carbocycles. The summed E-state index contributed by atoms with van der Waals surface area (Å²) in [5.74, 6) is 0.640. The minimum absolute atomic E-state index is 0.0319. The van der Waals surface area contributed by atoms with Crippen LogP contribution in [0, 0.1) is 0 Å². The van der Waals surface area contributed by atoms with E-state index in [1.165, 1.54) is 0 Å². The fourth-order valence-corrected chi connectivity index (χ4v) is 3.00. The van der Waals surface area contributed by atoms with Crippen molar-refractivity contribution in [1.82, 2.24) is 20.2 Å². The van der Waals surface area contributed by atoms with Crippen LogP contribution in [0.3, 0.4) is 0 Å². The van der Waals surface area contributed by atoms with Crippen LogP contribution in [0.1, 0.15) is 37.9 Å². The van der Waals surface area contributed by atoms with Gasteiger partial charge in [-0.3, -0.25) is 0 Å². The summed E-state index contributed by atoms with van der Waals surface area (Å²) in [6, 6.07) is -0.0445. The smallest absolute Gasteiger partial charge is 0.318 e. The number of carbonyl (C=O) groups is 1. The van der Waals surface area contributed by atoms with Crippen molar-refractivity contribution >= 4 is 6.03 Å². The van der Waals surface area contributed by atoms with Gasteiger partial charge >= 0.3 is 6.03 Å². The normalized spacial score (nSPS) is 27.4. The molecule has 1 saturated heterocycles. The molecule has 2 aliphatic rings. The molecule has 1 aromatic rings. The molecule has 0 spiro atoms. The van der Waals surface area contributed by atoms with Gasteiger partial charge in [0.25, 0.3) is 0 Å². The van der Waals surface area contributed by atoms with Crippen molar-refractivity contribution in [2.45, 2.75) is 58.6 Å². The molecular formula is C16H24N4O3. The highest BCUT2D eigenvalue weighted by atomic mass is 16.5. The first kappa shape index (κ1) is 16.1. The summed E-state index contributed by atoms with van der Waals surface area (Å²) >= 11 is 0. The van der Waals surface area contributed by atoms with Gasteiger partial charge < -0.3 is 19.7 Å². The van der Waals surface area contributed by atoms with Crippen molar-refractivity contribution in [2.24, 2.45) is 0 Å². The third-order valence-electron chi connectivity index (χ3n) is 4.48. The van der Waals surface area contributed by atoms with E-state index in [1.807, 2.05) is 25.7 Å². The number of fused-ring (bicyclic) bond motifs is 1. The Morgan fingerprint density at radius 1 is 1.43 bits per heavy atom. The molecule has 7 heteroatoms. The van der Waals surface area contributed by atoms with Crippen LogP contribution in [0.2, 0.25) is 0 Å². The average molecular weight is 320 g/mol. The van der Waals surface area contributed by atoms with Gasteiger partial charge in [0.2, 0.25) is 0 Å². The Morgan fingerprint density at radius 2 is 2.26 bits per heavy atom. The molecule has 0 saturated carbocycles. The van der Waals surface area contributed by atoms with Gasteiger partial charge in [-0.15, -0.1) is 0 Å². The minimum Gasteiger partial charge on any atom is -0.376 e. The van der Waals surface area contributed by atoms with Crippen LogP contribution in [-0.2, 0) is 29.0 Å². The largest absolute Gasteiger partial charge is 0.376 e. The molecule has 1 N–H and O–H groups in total. The van der Waals surface area contributed by atoms with E-state index in [9.17, 15) is 4.79 Å². The highest BCUT2D eigenvalue weighted by Crippen LogP contribution is 2.18. The number of morpholine rings is 1. The van der Waals surface area contributed by atoms with Crippen LogP contribution in [0.5, 0.6) is 0 Å². The Kier molecular flexibility index (Phi) is 4.77. The van der Waals surface area contributed by atoms with Crippen LogP contribution in [0.25, 0.3) is 0 Å². The monoisotopic (exact) mass is 320 g/mol. The number of rotatable bonds is 2. The molecule has 3 atom stereocenters. The first-order valence-corrected chi connectivity index (χ1v) is 8.16. The van der Waals surface area contributed by atoms with Crippen LogP contribution >= 0.6 is 0 Å². The fourth-order valence-electron chi connectivity index (χ4n) is 3.00. The van der Waals surface area contributed by atoms with Gasteiger partial charge in [0.1, 0.15) is 5.82 Å². The predicted molar refractivity (Wildman–Crippen MR) is 83.8 cm³/mol. The first-order valence-electron chi connectivity index (χ1n) is 8.16. The number of ether oxygens (including phenoxy) is 2. The van der Waals surface area contributed by atoms with Crippen molar-refractivity contribution in [3.05, 3.63) is 23.3 Å². The van der Waals surface area contributed by atoms with Crippen LogP contribution in [0.4, 0.5) is 4.79 Å². The Hall–Kier alpha value is -1.73. The molecule has 7 nitrogen and oxygen atoms in total. The maximum absolute atomic E-state index is 12.4. The molecule has 23 heavy (non-hydrogen) atoms. The first-order chi connectivity index (χ1) is 11.0. The molecule has 0 radical (unpaired) electrons. The number of aromatic nitrogens is 2. The molecule has 1 aromatic heterocycles. The van der Waals surface area contributed by atoms with E-state index in [2.05, 4.69) is 15.3 Å². The van der Waals surface area contributed by atoms with Crippen LogP contribution in [-0.4, -0.2) is 52.3 Å². The molecule has 126 valence electrons. The average Bonchev–Trinajstić information content (AvgIpc) is 2.55. The topological polar surface area (TPSA) is 76.6 Å². The van der Waals surface area contributed by atoms with Gasteiger partial charge in [0, 0.05) is 24.7 Å². The Balaban J connectivity index is 1.60. The lowest BCUT2D eigenvalue weighted by Gasteiger charge is -2.40. The van der Waals surface area contributed by atoms with E-state index in [4.69, 9.17) is 9.47 Å². The summed E-state index contributed by atoms with van der Waals surface area (Å²) in [6.07, 6.45) is 2.68. The van der Waals surface area contributed by atoms with Crippen LogP contribution < -0.4 is 5.32 Å². The number of hydrogen-bond donors (Lipinski definition) is 1. The summed E-state index contributed by atoms with van der Waals surface area (Å²) in [4.78, 5) is 23.1. The molecular weight excluding hydrogens is 296 g/mol. The molecule has 0 bridgehead atoms. The zero-order valence-electron chi connectivity index (χ0n) is 13.9. The molecule has 0 aromatic carbocycles. The Labute approximate surface area is 136 Å². The number of amides is 2. The maximum Gasteiger partial charge on any atom is 0.318 e. The van der Waals surface area contributed by atoms with Crippen molar-refractivity contribution in [1.29, 1.82) is 0 Å². The number of carbonyl (C=O) groups excluding carboxylic acids is 1. The number of hydrogen-bond acceptors (Lipinski definition) is 5. The zero-order chi connectivity index (χ0) is 16.4. The second-order valence-corrected chi connectivity index (χ2v) is 6.26. The Bertz CT molecular complexity index is 580. The molecule has 3 unspecified atom stereocenters. The van der Waals surface area contributed by atoms with Crippen molar-refractivity contribution in [2.75, 3.05) is 13.2 Å². The Morgan fingerprint density at radius 3 is 3.09 bits per heavy atom. The zero-order valence-corrected chi connectivity index (χ0v) is 13.9. The van der Waals surface area contributed by atoms with E-state index < -0.39 is 0 Å². The van der Waals surface area contributed by atoms with Gasteiger partial charge in [-0.2, -0.15) is 0 Å². The fraction of sp³-hybridized carbons (Fsp3) is 0.688. The maximum atomic E-state index is 12.4. The number of nitrogens with zero attached hydrogens (tertiary/aromatic N) is 3. The van der Waals surface area contributed by atoms with E-state index in [1.54, 1.807) is 6.20 Å². The van der Waals surface area contributed by atoms with Gasteiger partial charge in [-0.25, -0.2) is 14.8 Å². The van der Waals surface area contributed by atoms with Gasteiger partial charge in [-0.05, 0) is 20.8 Å². The molecule has 2 amide bonds. The lowest BCUT2D eigenvalue weighted by atomic mass is 10.1. The molecule has 3 heterocycles. The minimum atomic E-state index is -0.0934. The second kappa shape index (κ2) is 6.80. The summed E-state index contributed by atoms with van der Waals surface area (Å²) in [7, 11) is 0. The van der Waals surface area contributed by atoms with Gasteiger partial charge in [-0.1, -0.05) is 0 Å². The third kappa shape index (κ3) is 3.61. The quantitative estimate of drug-likeness (QED) is 0.887. The van der Waals surface area contributed by atoms with Crippen LogP contribution in [0.15, 0.2) is 6.20 Å².